The van der Waals surface area contributed by atoms with E-state index in [1.807, 2.05) is 11.9 Å². The number of amides is 1. The van der Waals surface area contributed by atoms with Crippen LogP contribution in [-0.4, -0.2) is 42.8 Å². The number of rotatable bonds is 1. The Hall–Kier alpha value is -1.83. The van der Waals surface area contributed by atoms with Gasteiger partial charge in [-0.25, -0.2) is 4.39 Å². The van der Waals surface area contributed by atoms with Crippen molar-refractivity contribution in [3.05, 3.63) is 41.0 Å². The van der Waals surface area contributed by atoms with Crippen molar-refractivity contribution < 1.29 is 9.18 Å². The first-order valence-electron chi connectivity index (χ1n) is 7.74. The highest BCUT2D eigenvalue weighted by Crippen LogP contribution is 2.34. The maximum Gasteiger partial charge on any atom is 0.279 e. The minimum atomic E-state index is -0.300. The number of nitrogens with zero attached hydrogens (tertiary/aromatic N) is 3. The van der Waals surface area contributed by atoms with E-state index in [4.69, 9.17) is 0 Å². The Morgan fingerprint density at radius 1 is 1.24 bits per heavy atom. The molecule has 25 heavy (non-hydrogen) atoms. The first-order valence-corrected chi connectivity index (χ1v) is 7.74. The zero-order chi connectivity index (χ0) is 16.0. The first kappa shape index (κ1) is 19.5. The molecule has 1 amide bonds. The molecular formula is C16H20Cl2FN5O. The van der Waals surface area contributed by atoms with Gasteiger partial charge in [-0.3, -0.25) is 9.89 Å². The number of aromatic nitrogens is 2. The van der Waals surface area contributed by atoms with E-state index in [1.165, 1.54) is 12.1 Å². The average Bonchev–Trinajstić information content (AvgIpc) is 2.99. The van der Waals surface area contributed by atoms with Crippen molar-refractivity contribution in [1.82, 2.24) is 15.5 Å². The van der Waals surface area contributed by atoms with Gasteiger partial charge in [0.15, 0.2) is 5.69 Å². The zero-order valence-corrected chi connectivity index (χ0v) is 15.3. The molecule has 0 bridgehead atoms. The molecular weight excluding hydrogens is 368 g/mol. The van der Waals surface area contributed by atoms with E-state index in [0.29, 0.717) is 25.3 Å². The van der Waals surface area contributed by atoms with Crippen molar-refractivity contribution >= 4 is 42.1 Å². The van der Waals surface area contributed by atoms with Crippen molar-refractivity contribution in [3.8, 4) is 0 Å². The van der Waals surface area contributed by atoms with Crippen molar-refractivity contribution in [2.24, 2.45) is 0 Å². The molecule has 0 atom stereocenters. The largest absolute Gasteiger partial charge is 0.371 e. The third-order valence-corrected chi connectivity index (χ3v) is 4.55. The van der Waals surface area contributed by atoms with Crippen molar-refractivity contribution in [3.63, 3.8) is 0 Å². The number of anilines is 2. The summed E-state index contributed by atoms with van der Waals surface area (Å²) in [4.78, 5) is 16.6. The predicted octanol–water partition coefficient (Wildman–Crippen LogP) is 2.13. The molecule has 0 unspecified atom stereocenters. The van der Waals surface area contributed by atoms with E-state index >= 15 is 0 Å². The molecule has 136 valence electrons. The molecule has 9 heteroatoms. The lowest BCUT2D eigenvalue weighted by Crippen LogP contribution is -2.43. The minimum Gasteiger partial charge on any atom is -0.371 e. The fraction of sp³-hybridized carbons (Fsp3) is 0.375. The van der Waals surface area contributed by atoms with Crippen LogP contribution in [-0.2, 0) is 13.0 Å². The van der Waals surface area contributed by atoms with Gasteiger partial charge in [-0.2, -0.15) is 5.10 Å². The SMILES string of the molecule is CN1CCN(C(=O)c2n[nH]c3c2CNCC3)c2ccc(F)cc21.Cl.Cl. The Kier molecular flexibility index (Phi) is 5.92. The number of benzene rings is 1. The van der Waals surface area contributed by atoms with Crippen LogP contribution in [0.2, 0.25) is 0 Å². The van der Waals surface area contributed by atoms with Crippen LogP contribution in [0.15, 0.2) is 18.2 Å². The Morgan fingerprint density at radius 3 is 2.84 bits per heavy atom. The van der Waals surface area contributed by atoms with Gasteiger partial charge in [0.1, 0.15) is 5.82 Å². The molecule has 1 aromatic carbocycles. The standard InChI is InChI=1S/C16H18FN5O.2ClH/c1-21-6-7-22(13-3-2-10(17)8-14(13)21)16(23)15-11-9-18-5-4-12(11)19-20-15;;/h2-3,8,18H,4-7,9H2,1H3,(H,19,20);2*1H. The Morgan fingerprint density at radius 2 is 2.04 bits per heavy atom. The van der Waals surface area contributed by atoms with Crippen molar-refractivity contribution in [2.75, 3.05) is 36.5 Å². The molecule has 4 rings (SSSR count). The van der Waals surface area contributed by atoms with Gasteiger partial charge < -0.3 is 15.1 Å². The number of hydrogen-bond acceptors (Lipinski definition) is 4. The van der Waals surface area contributed by atoms with Crippen LogP contribution in [0.25, 0.3) is 0 Å². The van der Waals surface area contributed by atoms with Crippen LogP contribution in [0.4, 0.5) is 15.8 Å². The highest BCUT2D eigenvalue weighted by molar-refractivity contribution is 6.08. The van der Waals surface area contributed by atoms with Gasteiger partial charge in [0.05, 0.1) is 11.4 Å². The summed E-state index contributed by atoms with van der Waals surface area (Å²) in [7, 11) is 1.90. The van der Waals surface area contributed by atoms with Crippen LogP contribution in [0.5, 0.6) is 0 Å². The summed E-state index contributed by atoms with van der Waals surface area (Å²) >= 11 is 0. The van der Waals surface area contributed by atoms with Gasteiger partial charge in [0.2, 0.25) is 0 Å². The summed E-state index contributed by atoms with van der Waals surface area (Å²) in [5, 5.41) is 10.5. The van der Waals surface area contributed by atoms with Gasteiger partial charge in [-0.15, -0.1) is 24.8 Å². The van der Waals surface area contributed by atoms with Gasteiger partial charge in [0, 0.05) is 50.9 Å². The molecule has 3 heterocycles. The van der Waals surface area contributed by atoms with Crippen molar-refractivity contribution in [1.29, 1.82) is 0 Å². The first-order chi connectivity index (χ1) is 11.1. The zero-order valence-electron chi connectivity index (χ0n) is 13.7. The maximum absolute atomic E-state index is 13.5. The monoisotopic (exact) mass is 387 g/mol. The van der Waals surface area contributed by atoms with Crippen molar-refractivity contribution in [2.45, 2.75) is 13.0 Å². The number of carbonyl (C=O) groups is 1. The van der Waals surface area contributed by atoms with E-state index in [9.17, 15) is 9.18 Å². The molecule has 2 aromatic rings. The summed E-state index contributed by atoms with van der Waals surface area (Å²) in [6.07, 6.45) is 0.847. The fourth-order valence-corrected chi connectivity index (χ4v) is 3.26. The summed E-state index contributed by atoms with van der Waals surface area (Å²) in [6, 6.07) is 4.52. The van der Waals surface area contributed by atoms with Gasteiger partial charge in [0.25, 0.3) is 5.91 Å². The normalized spacial score (nSPS) is 15.6. The van der Waals surface area contributed by atoms with E-state index in [-0.39, 0.29) is 36.5 Å². The summed E-state index contributed by atoms with van der Waals surface area (Å²) in [5.41, 5.74) is 3.90. The second kappa shape index (κ2) is 7.59. The predicted molar refractivity (Wildman–Crippen MR) is 99.8 cm³/mol. The van der Waals surface area contributed by atoms with Crippen LogP contribution in [0.1, 0.15) is 21.7 Å². The molecule has 2 aliphatic rings. The molecule has 6 nitrogen and oxygen atoms in total. The quantitative estimate of drug-likeness (QED) is 0.786. The number of halogens is 3. The number of aromatic amines is 1. The van der Waals surface area contributed by atoms with E-state index in [0.717, 1.165) is 35.6 Å². The van der Waals surface area contributed by atoms with Crippen LogP contribution in [0, 0.1) is 5.82 Å². The molecule has 0 saturated carbocycles. The lowest BCUT2D eigenvalue weighted by atomic mass is 10.1. The Bertz CT molecular complexity index is 782. The lowest BCUT2D eigenvalue weighted by Gasteiger charge is -2.35. The summed E-state index contributed by atoms with van der Waals surface area (Å²) in [5.74, 6) is -0.432. The molecule has 0 radical (unpaired) electrons. The molecule has 0 saturated heterocycles. The lowest BCUT2D eigenvalue weighted by molar-refractivity contribution is 0.0981. The molecule has 0 fully saturated rings. The molecule has 2 N–H and O–H groups in total. The van der Waals surface area contributed by atoms with Crippen LogP contribution in [0.3, 0.4) is 0 Å². The number of H-pyrrole nitrogens is 1. The number of nitrogens with one attached hydrogen (secondary N) is 2. The third kappa shape index (κ3) is 3.31. The third-order valence-electron chi connectivity index (χ3n) is 4.55. The molecule has 0 spiro atoms. The number of carbonyl (C=O) groups excluding carboxylic acids is 1. The highest BCUT2D eigenvalue weighted by atomic mass is 35.5. The minimum absolute atomic E-state index is 0. The number of hydrogen-bond donors (Lipinski definition) is 2. The smallest absolute Gasteiger partial charge is 0.279 e. The Balaban J connectivity index is 0.00000113. The second-order valence-electron chi connectivity index (χ2n) is 5.97. The summed E-state index contributed by atoms with van der Waals surface area (Å²) < 4.78 is 13.5. The average molecular weight is 388 g/mol. The van der Waals surface area contributed by atoms with Crippen LogP contribution >= 0.6 is 24.8 Å². The summed E-state index contributed by atoms with van der Waals surface area (Å²) in [6.45, 7) is 2.76. The second-order valence-corrected chi connectivity index (χ2v) is 5.97. The van der Waals surface area contributed by atoms with Gasteiger partial charge in [-0.05, 0) is 18.2 Å². The Labute approximate surface area is 157 Å². The molecule has 0 aliphatic carbocycles. The number of fused-ring (bicyclic) bond motifs is 2. The topological polar surface area (TPSA) is 64.3 Å². The maximum atomic E-state index is 13.5. The van der Waals surface area contributed by atoms with Gasteiger partial charge >= 0.3 is 0 Å². The van der Waals surface area contributed by atoms with Crippen LogP contribution < -0.4 is 15.1 Å². The van der Waals surface area contributed by atoms with Gasteiger partial charge in [-0.1, -0.05) is 0 Å². The van der Waals surface area contributed by atoms with E-state index in [1.54, 1.807) is 11.0 Å². The highest BCUT2D eigenvalue weighted by Gasteiger charge is 2.30. The molecule has 1 aromatic heterocycles. The fourth-order valence-electron chi connectivity index (χ4n) is 3.26. The number of likely N-dealkylation sites (N-methyl/N-ethyl adjacent to an activating group) is 1. The van der Waals surface area contributed by atoms with E-state index in [2.05, 4.69) is 15.5 Å². The van der Waals surface area contributed by atoms with E-state index < -0.39 is 0 Å². The molecule has 2 aliphatic heterocycles.